The first-order valence-corrected chi connectivity index (χ1v) is 11.8. The van der Waals surface area contributed by atoms with E-state index in [4.69, 9.17) is 14.5 Å². The number of rotatable bonds is 5. The number of aromatic nitrogens is 2. The molecule has 0 saturated heterocycles. The maximum absolute atomic E-state index is 12.9. The van der Waals surface area contributed by atoms with E-state index < -0.39 is 0 Å². The molecule has 0 atom stereocenters. The van der Waals surface area contributed by atoms with Gasteiger partial charge in [-0.3, -0.25) is 4.79 Å². The second-order valence-electron chi connectivity index (χ2n) is 7.57. The summed E-state index contributed by atoms with van der Waals surface area (Å²) in [5.74, 6) is 2.08. The fourth-order valence-electron chi connectivity index (χ4n) is 4.03. The van der Waals surface area contributed by atoms with Crippen LogP contribution in [0.15, 0.2) is 51.7 Å². The molecule has 2 aromatic carbocycles. The largest absolute Gasteiger partial charge is 0.496 e. The molecule has 1 N–H and O–H groups in total. The summed E-state index contributed by atoms with van der Waals surface area (Å²) in [4.78, 5) is 22.9. The molecule has 5 nitrogen and oxygen atoms in total. The SMILES string of the molecule is COc1ccc(-c2nc3sc4c(c3c(=O)[nH]2)CCCC4)cc1COc1ccc(Br)cc1. The summed E-state index contributed by atoms with van der Waals surface area (Å²) in [5.41, 5.74) is 2.87. The molecule has 0 saturated carbocycles. The molecule has 0 bridgehead atoms. The zero-order valence-electron chi connectivity index (χ0n) is 17.0. The number of nitrogens with one attached hydrogen (secondary N) is 1. The van der Waals surface area contributed by atoms with Crippen molar-refractivity contribution in [3.05, 3.63) is 73.3 Å². The molecular formula is C24H21BrN2O3S. The van der Waals surface area contributed by atoms with Crippen LogP contribution in [-0.4, -0.2) is 17.1 Å². The van der Waals surface area contributed by atoms with Crippen LogP contribution in [0, 0.1) is 0 Å². The van der Waals surface area contributed by atoms with E-state index in [1.165, 1.54) is 16.9 Å². The minimum Gasteiger partial charge on any atom is -0.496 e. The highest BCUT2D eigenvalue weighted by atomic mass is 79.9. The number of ether oxygens (including phenoxy) is 2. The Balaban J connectivity index is 1.50. The van der Waals surface area contributed by atoms with Gasteiger partial charge in [-0.15, -0.1) is 11.3 Å². The molecule has 4 aromatic rings. The van der Waals surface area contributed by atoms with Gasteiger partial charge in [-0.2, -0.15) is 0 Å². The van der Waals surface area contributed by atoms with Gasteiger partial charge >= 0.3 is 0 Å². The van der Waals surface area contributed by atoms with Gasteiger partial charge < -0.3 is 14.5 Å². The Kier molecular flexibility index (Phi) is 5.54. The van der Waals surface area contributed by atoms with Crippen molar-refractivity contribution in [3.63, 3.8) is 0 Å². The number of fused-ring (bicyclic) bond motifs is 3. The van der Waals surface area contributed by atoms with Gasteiger partial charge in [-0.1, -0.05) is 15.9 Å². The van der Waals surface area contributed by atoms with Crippen LogP contribution in [0.25, 0.3) is 21.6 Å². The first kappa shape index (κ1) is 20.3. The van der Waals surface area contributed by atoms with Gasteiger partial charge in [0.2, 0.25) is 0 Å². The lowest BCUT2D eigenvalue weighted by molar-refractivity contribution is 0.296. The van der Waals surface area contributed by atoms with Crippen molar-refractivity contribution in [2.75, 3.05) is 7.11 Å². The standard InChI is InChI=1S/C24H21BrN2O3S/c1-29-19-11-6-14(12-15(19)13-30-17-9-7-16(25)8-10-17)22-26-23(28)21-18-4-2-3-5-20(18)31-24(21)27-22/h6-12H,2-5,13H2,1H3,(H,26,27,28). The summed E-state index contributed by atoms with van der Waals surface area (Å²) in [6.07, 6.45) is 4.34. The van der Waals surface area contributed by atoms with Crippen LogP contribution in [0.2, 0.25) is 0 Å². The lowest BCUT2D eigenvalue weighted by Gasteiger charge is -2.12. The van der Waals surface area contributed by atoms with Crippen LogP contribution < -0.4 is 15.0 Å². The quantitative estimate of drug-likeness (QED) is 0.374. The molecule has 7 heteroatoms. The van der Waals surface area contributed by atoms with E-state index in [0.717, 1.165) is 56.6 Å². The third-order valence-electron chi connectivity index (χ3n) is 5.59. The molecule has 1 aliphatic rings. The van der Waals surface area contributed by atoms with Crippen LogP contribution in [0.5, 0.6) is 11.5 Å². The molecule has 0 radical (unpaired) electrons. The van der Waals surface area contributed by atoms with Crippen molar-refractivity contribution in [1.29, 1.82) is 0 Å². The second kappa shape index (κ2) is 8.48. The lowest BCUT2D eigenvalue weighted by atomic mass is 9.97. The van der Waals surface area contributed by atoms with Crippen LogP contribution in [0.3, 0.4) is 0 Å². The van der Waals surface area contributed by atoms with Crippen LogP contribution in [-0.2, 0) is 19.4 Å². The predicted molar refractivity (Wildman–Crippen MR) is 127 cm³/mol. The van der Waals surface area contributed by atoms with Gasteiger partial charge in [-0.25, -0.2) is 4.98 Å². The number of nitrogens with zero attached hydrogens (tertiary/aromatic N) is 1. The molecule has 0 spiro atoms. The van der Waals surface area contributed by atoms with Crippen molar-refractivity contribution >= 4 is 37.5 Å². The minimum atomic E-state index is -0.0529. The van der Waals surface area contributed by atoms with E-state index in [9.17, 15) is 4.79 Å². The number of H-pyrrole nitrogens is 1. The Labute approximate surface area is 192 Å². The maximum atomic E-state index is 12.9. The van der Waals surface area contributed by atoms with E-state index in [0.29, 0.717) is 12.4 Å². The topological polar surface area (TPSA) is 64.2 Å². The molecule has 2 heterocycles. The second-order valence-corrected chi connectivity index (χ2v) is 9.57. The molecule has 0 unspecified atom stereocenters. The number of halogens is 1. The number of aromatic amines is 1. The number of benzene rings is 2. The molecule has 5 rings (SSSR count). The Bertz CT molecular complexity index is 1310. The van der Waals surface area contributed by atoms with E-state index in [2.05, 4.69) is 20.9 Å². The molecule has 0 aliphatic heterocycles. The smallest absolute Gasteiger partial charge is 0.260 e. The van der Waals surface area contributed by atoms with Crippen molar-refractivity contribution in [1.82, 2.24) is 9.97 Å². The molecular weight excluding hydrogens is 476 g/mol. The summed E-state index contributed by atoms with van der Waals surface area (Å²) in [6.45, 7) is 0.346. The number of methoxy groups -OCH3 is 1. The summed E-state index contributed by atoms with van der Waals surface area (Å²) < 4.78 is 12.5. The first-order valence-electron chi connectivity index (χ1n) is 10.2. The van der Waals surface area contributed by atoms with Gasteiger partial charge in [0.15, 0.2) is 0 Å². The molecule has 0 fully saturated rings. The van der Waals surface area contributed by atoms with Crippen molar-refractivity contribution in [3.8, 4) is 22.9 Å². The zero-order chi connectivity index (χ0) is 21.4. The van der Waals surface area contributed by atoms with E-state index in [1.54, 1.807) is 18.4 Å². The summed E-state index contributed by atoms with van der Waals surface area (Å²) in [7, 11) is 1.64. The third kappa shape index (κ3) is 4.00. The number of hydrogen-bond acceptors (Lipinski definition) is 5. The van der Waals surface area contributed by atoms with Gasteiger partial charge in [0.1, 0.15) is 28.8 Å². The van der Waals surface area contributed by atoms with E-state index in [-0.39, 0.29) is 5.56 Å². The van der Waals surface area contributed by atoms with Gasteiger partial charge in [-0.05, 0) is 73.7 Å². The fourth-order valence-corrected chi connectivity index (χ4v) is 5.56. The van der Waals surface area contributed by atoms with Gasteiger partial charge in [0, 0.05) is 20.5 Å². The summed E-state index contributed by atoms with van der Waals surface area (Å²) >= 11 is 5.09. The van der Waals surface area contributed by atoms with E-state index in [1.807, 2.05) is 42.5 Å². The monoisotopic (exact) mass is 496 g/mol. The van der Waals surface area contributed by atoms with E-state index >= 15 is 0 Å². The maximum Gasteiger partial charge on any atom is 0.260 e. The van der Waals surface area contributed by atoms with Crippen LogP contribution in [0.1, 0.15) is 28.8 Å². The predicted octanol–water partition coefficient (Wildman–Crippen LogP) is 5.88. The Hall–Kier alpha value is -2.64. The first-order chi connectivity index (χ1) is 15.1. The lowest BCUT2D eigenvalue weighted by Crippen LogP contribution is -2.11. The Morgan fingerprint density at radius 3 is 2.74 bits per heavy atom. The molecule has 0 amide bonds. The van der Waals surface area contributed by atoms with Gasteiger partial charge in [0.05, 0.1) is 12.5 Å². The highest BCUT2D eigenvalue weighted by molar-refractivity contribution is 9.10. The highest BCUT2D eigenvalue weighted by Gasteiger charge is 2.20. The van der Waals surface area contributed by atoms with Crippen LogP contribution >= 0.6 is 27.3 Å². The fraction of sp³-hybridized carbons (Fsp3) is 0.250. The number of thiophene rings is 1. The highest BCUT2D eigenvalue weighted by Crippen LogP contribution is 2.34. The van der Waals surface area contributed by atoms with Crippen molar-refractivity contribution < 1.29 is 9.47 Å². The normalized spacial score (nSPS) is 13.2. The zero-order valence-corrected chi connectivity index (χ0v) is 19.4. The average molecular weight is 497 g/mol. The molecule has 1 aliphatic carbocycles. The third-order valence-corrected chi connectivity index (χ3v) is 7.30. The average Bonchev–Trinajstić information content (AvgIpc) is 3.17. The van der Waals surface area contributed by atoms with Crippen molar-refractivity contribution in [2.24, 2.45) is 0 Å². The number of hydrogen-bond donors (Lipinski definition) is 1. The molecule has 158 valence electrons. The van der Waals surface area contributed by atoms with Crippen LogP contribution in [0.4, 0.5) is 0 Å². The summed E-state index contributed by atoms with van der Waals surface area (Å²) in [5, 5.41) is 0.774. The molecule has 31 heavy (non-hydrogen) atoms. The molecule has 2 aromatic heterocycles. The Morgan fingerprint density at radius 1 is 1.13 bits per heavy atom. The van der Waals surface area contributed by atoms with Gasteiger partial charge in [0.25, 0.3) is 5.56 Å². The minimum absolute atomic E-state index is 0.0529. The van der Waals surface area contributed by atoms with Crippen molar-refractivity contribution in [2.45, 2.75) is 32.3 Å². The number of aryl methyl sites for hydroxylation is 2. The Morgan fingerprint density at radius 2 is 1.94 bits per heavy atom. The summed E-state index contributed by atoms with van der Waals surface area (Å²) in [6, 6.07) is 13.5.